The Labute approximate surface area is 87.1 Å². The minimum Gasteiger partial charge on any atom is -0.342 e. The van der Waals surface area contributed by atoms with E-state index in [0.29, 0.717) is 24.1 Å². The SMILES string of the molecule is CCCNCc1nc(-c2ncc[nH]2)no1. The Morgan fingerprint density at radius 1 is 1.53 bits per heavy atom. The van der Waals surface area contributed by atoms with Crippen LogP contribution in [0.1, 0.15) is 19.2 Å². The first-order valence-corrected chi connectivity index (χ1v) is 4.93. The normalized spacial score (nSPS) is 10.7. The number of rotatable bonds is 5. The first-order valence-electron chi connectivity index (χ1n) is 4.93. The van der Waals surface area contributed by atoms with Crippen LogP contribution in [0.2, 0.25) is 0 Å². The first kappa shape index (κ1) is 9.85. The quantitative estimate of drug-likeness (QED) is 0.714. The Kier molecular flexibility index (Phi) is 3.08. The minimum absolute atomic E-state index is 0.494. The van der Waals surface area contributed by atoms with Gasteiger partial charge in [0.05, 0.1) is 6.54 Å². The second-order valence-corrected chi connectivity index (χ2v) is 3.13. The third-order valence-corrected chi connectivity index (χ3v) is 1.88. The number of aromatic amines is 1. The highest BCUT2D eigenvalue weighted by molar-refractivity contribution is 5.40. The van der Waals surface area contributed by atoms with Crippen molar-refractivity contribution in [2.75, 3.05) is 6.54 Å². The fourth-order valence-electron chi connectivity index (χ4n) is 1.18. The molecule has 15 heavy (non-hydrogen) atoms. The molecular formula is C9H13N5O. The number of H-pyrrole nitrogens is 1. The van der Waals surface area contributed by atoms with Gasteiger partial charge in [0.25, 0.3) is 0 Å². The lowest BCUT2D eigenvalue weighted by atomic mass is 10.5. The largest absolute Gasteiger partial charge is 0.342 e. The van der Waals surface area contributed by atoms with Crippen LogP contribution in [0.4, 0.5) is 0 Å². The molecule has 6 nitrogen and oxygen atoms in total. The molecule has 6 heteroatoms. The van der Waals surface area contributed by atoms with Crippen LogP contribution in [-0.4, -0.2) is 26.7 Å². The Bertz CT molecular complexity index is 394. The molecule has 0 saturated heterocycles. The maximum Gasteiger partial charge on any atom is 0.241 e. The molecule has 0 aliphatic heterocycles. The molecule has 0 spiro atoms. The predicted octanol–water partition coefficient (Wildman–Crippen LogP) is 0.959. The molecule has 0 aliphatic rings. The monoisotopic (exact) mass is 207 g/mol. The summed E-state index contributed by atoms with van der Waals surface area (Å²) in [6.07, 6.45) is 4.46. The second-order valence-electron chi connectivity index (χ2n) is 3.13. The molecule has 0 amide bonds. The van der Waals surface area contributed by atoms with Gasteiger partial charge in [0.1, 0.15) is 0 Å². The van der Waals surface area contributed by atoms with Crippen molar-refractivity contribution in [2.24, 2.45) is 0 Å². The second kappa shape index (κ2) is 4.70. The van der Waals surface area contributed by atoms with Crippen LogP contribution in [0, 0.1) is 0 Å². The molecule has 0 fully saturated rings. The van der Waals surface area contributed by atoms with Gasteiger partial charge in [0.15, 0.2) is 5.82 Å². The molecule has 2 aromatic heterocycles. The van der Waals surface area contributed by atoms with Crippen LogP contribution in [-0.2, 0) is 6.54 Å². The topological polar surface area (TPSA) is 79.6 Å². The Morgan fingerprint density at radius 3 is 3.20 bits per heavy atom. The van der Waals surface area contributed by atoms with E-state index in [1.54, 1.807) is 12.4 Å². The van der Waals surface area contributed by atoms with E-state index < -0.39 is 0 Å². The van der Waals surface area contributed by atoms with E-state index in [-0.39, 0.29) is 0 Å². The van der Waals surface area contributed by atoms with E-state index in [1.165, 1.54) is 0 Å². The summed E-state index contributed by atoms with van der Waals surface area (Å²) in [6, 6.07) is 0. The van der Waals surface area contributed by atoms with Crippen molar-refractivity contribution in [3.63, 3.8) is 0 Å². The number of nitrogens with zero attached hydrogens (tertiary/aromatic N) is 3. The van der Waals surface area contributed by atoms with Gasteiger partial charge in [0, 0.05) is 12.4 Å². The van der Waals surface area contributed by atoms with Crippen LogP contribution in [0.25, 0.3) is 11.6 Å². The average Bonchev–Trinajstić information content (AvgIpc) is 2.87. The van der Waals surface area contributed by atoms with E-state index in [2.05, 4.69) is 32.3 Å². The number of imidazole rings is 1. The lowest BCUT2D eigenvalue weighted by molar-refractivity contribution is 0.368. The molecule has 0 bridgehead atoms. The van der Waals surface area contributed by atoms with Crippen molar-refractivity contribution < 1.29 is 4.52 Å². The predicted molar refractivity (Wildman–Crippen MR) is 53.9 cm³/mol. The van der Waals surface area contributed by atoms with Gasteiger partial charge in [0.2, 0.25) is 11.7 Å². The van der Waals surface area contributed by atoms with Crippen LogP contribution < -0.4 is 5.32 Å². The lowest BCUT2D eigenvalue weighted by Gasteiger charge is -1.95. The molecular weight excluding hydrogens is 194 g/mol. The molecule has 0 radical (unpaired) electrons. The summed E-state index contributed by atoms with van der Waals surface area (Å²) in [5, 5.41) is 7.00. The van der Waals surface area contributed by atoms with Crippen LogP contribution >= 0.6 is 0 Å². The lowest BCUT2D eigenvalue weighted by Crippen LogP contribution is -2.13. The van der Waals surface area contributed by atoms with E-state index in [4.69, 9.17) is 4.52 Å². The highest BCUT2D eigenvalue weighted by atomic mass is 16.5. The van der Waals surface area contributed by atoms with Gasteiger partial charge in [-0.2, -0.15) is 4.98 Å². The van der Waals surface area contributed by atoms with Crippen LogP contribution in [0.5, 0.6) is 0 Å². The maximum absolute atomic E-state index is 5.05. The Hall–Kier alpha value is -1.69. The molecule has 2 rings (SSSR count). The zero-order valence-corrected chi connectivity index (χ0v) is 8.53. The van der Waals surface area contributed by atoms with Crippen molar-refractivity contribution in [1.82, 2.24) is 25.4 Å². The highest BCUT2D eigenvalue weighted by Crippen LogP contribution is 2.08. The molecule has 0 atom stereocenters. The molecule has 2 heterocycles. The highest BCUT2D eigenvalue weighted by Gasteiger charge is 2.09. The fourth-order valence-corrected chi connectivity index (χ4v) is 1.18. The van der Waals surface area contributed by atoms with E-state index in [0.717, 1.165) is 13.0 Å². The molecule has 2 aromatic rings. The summed E-state index contributed by atoms with van der Waals surface area (Å²) in [5.41, 5.74) is 0. The third kappa shape index (κ3) is 2.41. The summed E-state index contributed by atoms with van der Waals surface area (Å²) < 4.78 is 5.05. The molecule has 2 N–H and O–H groups in total. The van der Waals surface area contributed by atoms with Gasteiger partial charge in [-0.3, -0.25) is 0 Å². The minimum atomic E-state index is 0.494. The van der Waals surface area contributed by atoms with Crippen molar-refractivity contribution in [3.8, 4) is 11.6 Å². The number of aromatic nitrogens is 4. The van der Waals surface area contributed by atoms with Gasteiger partial charge in [-0.15, -0.1) is 0 Å². The smallest absolute Gasteiger partial charge is 0.241 e. The zero-order chi connectivity index (χ0) is 10.5. The van der Waals surface area contributed by atoms with Gasteiger partial charge in [-0.1, -0.05) is 12.1 Å². The summed E-state index contributed by atoms with van der Waals surface area (Å²) >= 11 is 0. The first-order chi connectivity index (χ1) is 7.40. The Balaban J connectivity index is 1.98. The van der Waals surface area contributed by atoms with Gasteiger partial charge < -0.3 is 14.8 Å². The summed E-state index contributed by atoms with van der Waals surface area (Å²) in [7, 11) is 0. The van der Waals surface area contributed by atoms with E-state index in [1.807, 2.05) is 0 Å². The van der Waals surface area contributed by atoms with Crippen molar-refractivity contribution >= 4 is 0 Å². The average molecular weight is 207 g/mol. The van der Waals surface area contributed by atoms with Crippen LogP contribution in [0.3, 0.4) is 0 Å². The molecule has 0 aliphatic carbocycles. The maximum atomic E-state index is 5.05. The van der Waals surface area contributed by atoms with Gasteiger partial charge in [-0.25, -0.2) is 4.98 Å². The molecule has 0 unspecified atom stereocenters. The molecule has 0 aromatic carbocycles. The fraction of sp³-hybridized carbons (Fsp3) is 0.444. The number of nitrogens with one attached hydrogen (secondary N) is 2. The number of hydrogen-bond donors (Lipinski definition) is 2. The van der Waals surface area contributed by atoms with Gasteiger partial charge in [-0.05, 0) is 13.0 Å². The van der Waals surface area contributed by atoms with E-state index >= 15 is 0 Å². The Morgan fingerprint density at radius 2 is 2.47 bits per heavy atom. The zero-order valence-electron chi connectivity index (χ0n) is 8.53. The molecule has 0 saturated carbocycles. The summed E-state index contributed by atoms with van der Waals surface area (Å²) in [6.45, 7) is 3.65. The third-order valence-electron chi connectivity index (χ3n) is 1.88. The van der Waals surface area contributed by atoms with Gasteiger partial charge >= 0.3 is 0 Å². The standard InChI is InChI=1S/C9H13N5O/c1-2-3-10-6-7-13-9(14-15-7)8-11-4-5-12-8/h4-5,10H,2-3,6H2,1H3,(H,11,12). The molecule has 80 valence electrons. The summed E-state index contributed by atoms with van der Waals surface area (Å²) in [4.78, 5) is 11.1. The number of hydrogen-bond acceptors (Lipinski definition) is 5. The van der Waals surface area contributed by atoms with Crippen molar-refractivity contribution in [1.29, 1.82) is 0 Å². The van der Waals surface area contributed by atoms with Crippen molar-refractivity contribution in [2.45, 2.75) is 19.9 Å². The van der Waals surface area contributed by atoms with Crippen LogP contribution in [0.15, 0.2) is 16.9 Å². The van der Waals surface area contributed by atoms with Crippen molar-refractivity contribution in [3.05, 3.63) is 18.3 Å². The summed E-state index contributed by atoms with van der Waals surface area (Å²) in [5.74, 6) is 1.70. The van der Waals surface area contributed by atoms with E-state index in [9.17, 15) is 0 Å².